The monoisotopic (exact) mass is 287 g/mol. The Bertz CT molecular complexity index is 693. The van der Waals surface area contributed by atoms with E-state index in [0.717, 1.165) is 5.56 Å². The van der Waals surface area contributed by atoms with Crippen molar-refractivity contribution in [3.8, 4) is 0 Å². The van der Waals surface area contributed by atoms with E-state index in [1.54, 1.807) is 36.4 Å². The Balaban J connectivity index is 2.51. The third-order valence-electron chi connectivity index (χ3n) is 2.92. The summed E-state index contributed by atoms with van der Waals surface area (Å²) in [6.07, 6.45) is 1.58. The van der Waals surface area contributed by atoms with Crippen molar-refractivity contribution in [2.75, 3.05) is 10.8 Å². The number of nitrogens with zero attached hydrogens (tertiary/aromatic N) is 1. The second kappa shape index (κ2) is 5.92. The lowest BCUT2D eigenvalue weighted by atomic mass is 10.2. The number of sulfonamides is 1. The van der Waals surface area contributed by atoms with Crippen LogP contribution in [0.2, 0.25) is 0 Å². The number of benzene rings is 2. The van der Waals surface area contributed by atoms with Gasteiger partial charge >= 0.3 is 0 Å². The summed E-state index contributed by atoms with van der Waals surface area (Å²) in [6.45, 7) is 5.76. The molecular formula is C16H17NO2S. The minimum Gasteiger partial charge on any atom is -0.263 e. The van der Waals surface area contributed by atoms with Gasteiger partial charge in [-0.15, -0.1) is 6.58 Å². The third kappa shape index (κ3) is 2.91. The lowest BCUT2D eigenvalue weighted by Gasteiger charge is -2.23. The van der Waals surface area contributed by atoms with Gasteiger partial charge in [-0.1, -0.05) is 36.4 Å². The number of hydrogen-bond acceptors (Lipinski definition) is 2. The number of hydrogen-bond donors (Lipinski definition) is 0. The van der Waals surface area contributed by atoms with E-state index in [1.807, 2.05) is 31.2 Å². The van der Waals surface area contributed by atoms with Gasteiger partial charge in [-0.2, -0.15) is 0 Å². The molecule has 2 aromatic carbocycles. The fourth-order valence-electron chi connectivity index (χ4n) is 1.96. The first-order valence-electron chi connectivity index (χ1n) is 6.31. The summed E-state index contributed by atoms with van der Waals surface area (Å²) in [7, 11) is -3.58. The molecule has 0 amide bonds. The maximum atomic E-state index is 12.8. The highest BCUT2D eigenvalue weighted by Crippen LogP contribution is 2.23. The standard InChI is InChI=1S/C16H17NO2S/c1-3-12-17(15-9-5-4-6-10-15)20(18,19)16-11-7-8-14(2)13-16/h3-11,13H,1,12H2,2H3. The van der Waals surface area contributed by atoms with Crippen LogP contribution in [0.3, 0.4) is 0 Å². The average Bonchev–Trinajstić information content (AvgIpc) is 2.45. The quantitative estimate of drug-likeness (QED) is 0.791. The molecular weight excluding hydrogens is 270 g/mol. The Morgan fingerprint density at radius 2 is 1.80 bits per heavy atom. The number of para-hydroxylation sites is 1. The van der Waals surface area contributed by atoms with Crippen LogP contribution in [0.15, 0.2) is 72.1 Å². The highest BCUT2D eigenvalue weighted by Gasteiger charge is 2.23. The molecule has 0 heterocycles. The molecule has 0 N–H and O–H groups in total. The van der Waals surface area contributed by atoms with Gasteiger partial charge in [0.05, 0.1) is 17.1 Å². The van der Waals surface area contributed by atoms with Crippen LogP contribution in [-0.4, -0.2) is 15.0 Å². The molecule has 0 saturated carbocycles. The average molecular weight is 287 g/mol. The lowest BCUT2D eigenvalue weighted by Crippen LogP contribution is -2.31. The molecule has 0 atom stereocenters. The van der Waals surface area contributed by atoms with Crippen molar-refractivity contribution in [2.24, 2.45) is 0 Å². The molecule has 0 aliphatic heterocycles. The predicted molar refractivity (Wildman–Crippen MR) is 82.3 cm³/mol. The van der Waals surface area contributed by atoms with Gasteiger partial charge in [-0.3, -0.25) is 4.31 Å². The van der Waals surface area contributed by atoms with E-state index in [-0.39, 0.29) is 6.54 Å². The minimum atomic E-state index is -3.58. The van der Waals surface area contributed by atoms with E-state index >= 15 is 0 Å². The SMILES string of the molecule is C=CCN(c1ccccc1)S(=O)(=O)c1cccc(C)c1. The Morgan fingerprint density at radius 3 is 2.40 bits per heavy atom. The summed E-state index contributed by atoms with van der Waals surface area (Å²) in [4.78, 5) is 0.295. The molecule has 0 radical (unpaired) electrons. The van der Waals surface area contributed by atoms with Gasteiger partial charge in [0, 0.05) is 0 Å². The van der Waals surface area contributed by atoms with Gasteiger partial charge in [0.25, 0.3) is 10.0 Å². The van der Waals surface area contributed by atoms with E-state index in [9.17, 15) is 8.42 Å². The number of rotatable bonds is 5. The molecule has 0 spiro atoms. The summed E-state index contributed by atoms with van der Waals surface area (Å²) in [5.41, 5.74) is 1.55. The molecule has 0 aromatic heterocycles. The normalized spacial score (nSPS) is 11.1. The van der Waals surface area contributed by atoms with E-state index in [4.69, 9.17) is 0 Å². The maximum absolute atomic E-state index is 12.8. The van der Waals surface area contributed by atoms with Crippen LogP contribution in [0.4, 0.5) is 5.69 Å². The van der Waals surface area contributed by atoms with Gasteiger partial charge in [0.1, 0.15) is 0 Å². The van der Waals surface area contributed by atoms with Crippen molar-refractivity contribution < 1.29 is 8.42 Å². The fraction of sp³-hybridized carbons (Fsp3) is 0.125. The minimum absolute atomic E-state index is 0.236. The van der Waals surface area contributed by atoms with E-state index < -0.39 is 10.0 Å². The molecule has 0 aliphatic rings. The van der Waals surface area contributed by atoms with Crippen LogP contribution >= 0.6 is 0 Å². The van der Waals surface area contributed by atoms with Crippen molar-refractivity contribution in [1.82, 2.24) is 0 Å². The van der Waals surface area contributed by atoms with E-state index in [0.29, 0.717) is 10.6 Å². The maximum Gasteiger partial charge on any atom is 0.264 e. The smallest absolute Gasteiger partial charge is 0.263 e. The van der Waals surface area contributed by atoms with Crippen molar-refractivity contribution in [3.05, 3.63) is 72.8 Å². The molecule has 2 rings (SSSR count). The van der Waals surface area contributed by atoms with Crippen molar-refractivity contribution in [2.45, 2.75) is 11.8 Å². The predicted octanol–water partition coefficient (Wildman–Crippen LogP) is 3.38. The Kier molecular flexibility index (Phi) is 4.25. The van der Waals surface area contributed by atoms with Gasteiger partial charge in [-0.05, 0) is 36.8 Å². The van der Waals surface area contributed by atoms with Crippen LogP contribution in [0.5, 0.6) is 0 Å². The van der Waals surface area contributed by atoms with Crippen molar-refractivity contribution in [1.29, 1.82) is 0 Å². The molecule has 104 valence electrons. The van der Waals surface area contributed by atoms with Crippen LogP contribution in [0, 0.1) is 6.92 Å². The Labute approximate surface area is 120 Å². The van der Waals surface area contributed by atoms with Gasteiger partial charge < -0.3 is 0 Å². The third-order valence-corrected chi connectivity index (χ3v) is 4.71. The van der Waals surface area contributed by atoms with Crippen LogP contribution in [-0.2, 0) is 10.0 Å². The summed E-state index contributed by atoms with van der Waals surface area (Å²) in [6, 6.07) is 15.9. The number of aryl methyl sites for hydroxylation is 1. The summed E-state index contributed by atoms with van der Waals surface area (Å²) in [5, 5.41) is 0. The summed E-state index contributed by atoms with van der Waals surface area (Å²) >= 11 is 0. The zero-order chi connectivity index (χ0) is 14.6. The highest BCUT2D eigenvalue weighted by atomic mass is 32.2. The lowest BCUT2D eigenvalue weighted by molar-refractivity contribution is 0.593. The van der Waals surface area contributed by atoms with E-state index in [2.05, 4.69) is 6.58 Å². The van der Waals surface area contributed by atoms with Crippen LogP contribution in [0.1, 0.15) is 5.56 Å². The topological polar surface area (TPSA) is 37.4 Å². The van der Waals surface area contributed by atoms with Gasteiger partial charge in [0.15, 0.2) is 0 Å². The Morgan fingerprint density at radius 1 is 1.10 bits per heavy atom. The fourth-order valence-corrected chi connectivity index (χ4v) is 3.50. The molecule has 0 unspecified atom stereocenters. The van der Waals surface area contributed by atoms with Crippen molar-refractivity contribution >= 4 is 15.7 Å². The molecule has 20 heavy (non-hydrogen) atoms. The first-order valence-corrected chi connectivity index (χ1v) is 7.75. The van der Waals surface area contributed by atoms with Gasteiger partial charge in [0.2, 0.25) is 0 Å². The zero-order valence-corrected chi connectivity index (χ0v) is 12.2. The second-order valence-corrected chi connectivity index (χ2v) is 6.34. The highest BCUT2D eigenvalue weighted by molar-refractivity contribution is 7.92. The first-order chi connectivity index (χ1) is 9.55. The second-order valence-electron chi connectivity index (χ2n) is 4.48. The first kappa shape index (κ1) is 14.3. The largest absolute Gasteiger partial charge is 0.264 e. The zero-order valence-electron chi connectivity index (χ0n) is 11.4. The molecule has 0 aliphatic carbocycles. The summed E-state index contributed by atoms with van der Waals surface area (Å²) in [5.74, 6) is 0. The molecule has 0 fully saturated rings. The van der Waals surface area contributed by atoms with E-state index in [1.165, 1.54) is 4.31 Å². The van der Waals surface area contributed by atoms with Crippen LogP contribution < -0.4 is 4.31 Å². The molecule has 0 bridgehead atoms. The summed E-state index contributed by atoms with van der Waals surface area (Å²) < 4.78 is 26.9. The Hall–Kier alpha value is -2.07. The molecule has 0 saturated heterocycles. The number of anilines is 1. The van der Waals surface area contributed by atoms with Crippen LogP contribution in [0.25, 0.3) is 0 Å². The molecule has 2 aromatic rings. The molecule has 3 nitrogen and oxygen atoms in total. The van der Waals surface area contributed by atoms with Gasteiger partial charge in [-0.25, -0.2) is 8.42 Å². The molecule has 4 heteroatoms. The van der Waals surface area contributed by atoms with Crippen molar-refractivity contribution in [3.63, 3.8) is 0 Å².